The summed E-state index contributed by atoms with van der Waals surface area (Å²) in [6.07, 6.45) is 4.44. The zero-order chi connectivity index (χ0) is 23.7. The molecule has 0 fully saturated rings. The number of hydrogen-bond acceptors (Lipinski definition) is 7. The Labute approximate surface area is 187 Å². The lowest BCUT2D eigenvalue weighted by molar-refractivity contribution is -0.255. The molecular formula is C22H26N3O6S-. The highest BCUT2D eigenvalue weighted by molar-refractivity contribution is 7.90. The van der Waals surface area contributed by atoms with Crippen molar-refractivity contribution in [3.05, 3.63) is 58.9 Å². The van der Waals surface area contributed by atoms with Crippen molar-refractivity contribution in [3.8, 4) is 0 Å². The number of aromatic nitrogens is 1. The smallest absolute Gasteiger partial charge is 0.266 e. The third-order valence-electron chi connectivity index (χ3n) is 4.72. The molecule has 1 aromatic carbocycles. The van der Waals surface area contributed by atoms with Crippen molar-refractivity contribution in [2.75, 3.05) is 6.54 Å². The maximum Gasteiger partial charge on any atom is 0.266 e. The summed E-state index contributed by atoms with van der Waals surface area (Å²) in [5, 5.41) is 13.9. The van der Waals surface area contributed by atoms with E-state index in [2.05, 4.69) is 10.3 Å². The van der Waals surface area contributed by atoms with Crippen LogP contribution in [-0.4, -0.2) is 37.7 Å². The van der Waals surface area contributed by atoms with Gasteiger partial charge in [0.05, 0.1) is 22.1 Å². The standard InChI is InChI=1S/C22H27N3O6S/c1-3-4-5-6-17-13-18(14-24-20(17)22(28)29)21(27)25-32(30,31)19-9-7-16(8-10-19)11-12-23-15(2)26/h7-10,13-14H,3-6,11-12H2,1-2H3,(H,23,26)(H,25,27)(H,28,29)/p-1. The van der Waals surface area contributed by atoms with Gasteiger partial charge in [0.2, 0.25) is 5.91 Å². The number of benzene rings is 1. The molecule has 0 saturated heterocycles. The van der Waals surface area contributed by atoms with Crippen LogP contribution in [0.3, 0.4) is 0 Å². The van der Waals surface area contributed by atoms with Crippen molar-refractivity contribution in [2.24, 2.45) is 0 Å². The van der Waals surface area contributed by atoms with Gasteiger partial charge in [-0.3, -0.25) is 14.6 Å². The van der Waals surface area contributed by atoms with E-state index in [1.807, 2.05) is 11.6 Å². The fourth-order valence-electron chi connectivity index (χ4n) is 3.03. The van der Waals surface area contributed by atoms with Crippen molar-refractivity contribution in [2.45, 2.75) is 50.8 Å². The van der Waals surface area contributed by atoms with E-state index in [0.29, 0.717) is 31.4 Å². The number of carboxylic acid groups (broad SMARTS) is 1. The van der Waals surface area contributed by atoms with Crippen molar-refractivity contribution >= 4 is 27.8 Å². The maximum atomic E-state index is 12.6. The second-order valence-electron chi connectivity index (χ2n) is 7.29. The highest BCUT2D eigenvalue weighted by Gasteiger charge is 2.20. The molecule has 32 heavy (non-hydrogen) atoms. The Morgan fingerprint density at radius 2 is 1.75 bits per heavy atom. The van der Waals surface area contributed by atoms with Gasteiger partial charge in [0.1, 0.15) is 0 Å². The van der Waals surface area contributed by atoms with Crippen LogP contribution in [0, 0.1) is 0 Å². The minimum atomic E-state index is -4.14. The number of unbranched alkanes of at least 4 members (excludes halogenated alkanes) is 2. The topological polar surface area (TPSA) is 145 Å². The number of carboxylic acids is 1. The number of nitrogens with one attached hydrogen (secondary N) is 2. The van der Waals surface area contributed by atoms with E-state index in [-0.39, 0.29) is 22.1 Å². The van der Waals surface area contributed by atoms with Crippen molar-refractivity contribution in [1.82, 2.24) is 15.0 Å². The van der Waals surface area contributed by atoms with Crippen molar-refractivity contribution in [3.63, 3.8) is 0 Å². The Morgan fingerprint density at radius 1 is 1.06 bits per heavy atom. The quantitative estimate of drug-likeness (QED) is 0.475. The first-order chi connectivity index (χ1) is 15.1. The molecule has 2 rings (SSSR count). The second kappa shape index (κ2) is 11.4. The molecule has 10 heteroatoms. The fraction of sp³-hybridized carbons (Fsp3) is 0.364. The Bertz CT molecular complexity index is 1080. The van der Waals surface area contributed by atoms with Gasteiger partial charge in [-0.1, -0.05) is 31.9 Å². The summed E-state index contributed by atoms with van der Waals surface area (Å²) in [5.41, 5.74) is 0.835. The van der Waals surface area contributed by atoms with Crippen LogP contribution in [0.5, 0.6) is 0 Å². The first-order valence-corrected chi connectivity index (χ1v) is 11.7. The first-order valence-electron chi connectivity index (χ1n) is 10.2. The van der Waals surface area contributed by atoms with Gasteiger partial charge in [0.25, 0.3) is 15.9 Å². The summed E-state index contributed by atoms with van der Waals surface area (Å²) in [6, 6.07) is 7.27. The zero-order valence-corrected chi connectivity index (χ0v) is 18.8. The summed E-state index contributed by atoms with van der Waals surface area (Å²) in [5.74, 6) is -2.51. The maximum absolute atomic E-state index is 12.6. The molecule has 2 N–H and O–H groups in total. The van der Waals surface area contributed by atoms with Gasteiger partial charge in [-0.25, -0.2) is 13.1 Å². The molecule has 0 bridgehead atoms. The minimum absolute atomic E-state index is 0.0583. The van der Waals surface area contributed by atoms with Crippen molar-refractivity contribution < 1.29 is 27.9 Å². The molecule has 2 aromatic rings. The van der Waals surface area contributed by atoms with Crippen LogP contribution in [0.1, 0.15) is 65.1 Å². The molecular weight excluding hydrogens is 434 g/mol. The fourth-order valence-corrected chi connectivity index (χ4v) is 4.01. The third kappa shape index (κ3) is 7.16. The first kappa shape index (κ1) is 25.0. The van der Waals surface area contributed by atoms with Crippen LogP contribution in [-0.2, 0) is 27.7 Å². The monoisotopic (exact) mass is 460 g/mol. The molecule has 0 atom stereocenters. The van der Waals surface area contributed by atoms with E-state index in [1.54, 1.807) is 12.1 Å². The van der Waals surface area contributed by atoms with E-state index >= 15 is 0 Å². The highest BCUT2D eigenvalue weighted by Crippen LogP contribution is 2.15. The van der Waals surface area contributed by atoms with Crippen LogP contribution in [0.4, 0.5) is 0 Å². The molecule has 0 saturated carbocycles. The van der Waals surface area contributed by atoms with Crippen LogP contribution >= 0.6 is 0 Å². The third-order valence-corrected chi connectivity index (χ3v) is 6.07. The lowest BCUT2D eigenvalue weighted by Gasteiger charge is -2.12. The molecule has 0 radical (unpaired) electrons. The lowest BCUT2D eigenvalue weighted by Crippen LogP contribution is -2.31. The van der Waals surface area contributed by atoms with E-state index in [4.69, 9.17) is 0 Å². The largest absolute Gasteiger partial charge is 0.543 e. The number of carbonyl (C=O) groups is 3. The number of sulfonamides is 1. The second-order valence-corrected chi connectivity index (χ2v) is 8.97. The number of pyridine rings is 1. The molecule has 172 valence electrons. The molecule has 2 amide bonds. The van der Waals surface area contributed by atoms with E-state index < -0.39 is 21.9 Å². The Hall–Kier alpha value is -3.27. The van der Waals surface area contributed by atoms with Gasteiger partial charge >= 0.3 is 0 Å². The molecule has 0 aliphatic heterocycles. The van der Waals surface area contributed by atoms with E-state index in [1.165, 1.54) is 25.1 Å². The van der Waals surface area contributed by atoms with E-state index in [0.717, 1.165) is 24.6 Å². The molecule has 1 heterocycles. The zero-order valence-electron chi connectivity index (χ0n) is 18.0. The Balaban J connectivity index is 2.13. The van der Waals surface area contributed by atoms with Crippen LogP contribution in [0.2, 0.25) is 0 Å². The molecule has 0 aliphatic carbocycles. The van der Waals surface area contributed by atoms with Gasteiger partial charge in [-0.15, -0.1) is 0 Å². The van der Waals surface area contributed by atoms with Crippen LogP contribution in [0.15, 0.2) is 41.4 Å². The molecule has 0 spiro atoms. The number of aryl methyl sites for hydroxylation is 1. The summed E-state index contributed by atoms with van der Waals surface area (Å²) < 4.78 is 27.2. The Kier molecular flexibility index (Phi) is 8.89. The molecule has 0 unspecified atom stereocenters. The van der Waals surface area contributed by atoms with Crippen LogP contribution in [0.25, 0.3) is 0 Å². The summed E-state index contributed by atoms with van der Waals surface area (Å²) in [7, 11) is -4.14. The van der Waals surface area contributed by atoms with E-state index in [9.17, 15) is 27.9 Å². The number of amides is 2. The average molecular weight is 461 g/mol. The summed E-state index contributed by atoms with van der Waals surface area (Å²) in [6.45, 7) is 3.84. The Morgan fingerprint density at radius 3 is 2.34 bits per heavy atom. The number of rotatable bonds is 11. The SMILES string of the molecule is CCCCCc1cc(C(=O)NS(=O)(=O)c2ccc(CCNC(C)=O)cc2)cnc1C(=O)[O-]. The average Bonchev–Trinajstić information content (AvgIpc) is 2.73. The summed E-state index contributed by atoms with van der Waals surface area (Å²) in [4.78, 5) is 38.4. The predicted octanol–water partition coefficient (Wildman–Crippen LogP) is 0.975. The van der Waals surface area contributed by atoms with Crippen molar-refractivity contribution in [1.29, 1.82) is 0 Å². The van der Waals surface area contributed by atoms with Gasteiger partial charge in [0.15, 0.2) is 0 Å². The normalized spacial score (nSPS) is 11.1. The number of carbonyl (C=O) groups excluding carboxylic acids is 3. The van der Waals surface area contributed by atoms with Gasteiger partial charge < -0.3 is 15.2 Å². The molecule has 9 nitrogen and oxygen atoms in total. The molecule has 1 aromatic heterocycles. The van der Waals surface area contributed by atoms with Gasteiger partial charge in [-0.05, 0) is 48.6 Å². The minimum Gasteiger partial charge on any atom is -0.543 e. The number of nitrogens with zero attached hydrogens (tertiary/aromatic N) is 1. The summed E-state index contributed by atoms with van der Waals surface area (Å²) >= 11 is 0. The lowest BCUT2D eigenvalue weighted by atomic mass is 10.0. The van der Waals surface area contributed by atoms with Gasteiger partial charge in [-0.2, -0.15) is 0 Å². The predicted molar refractivity (Wildman–Crippen MR) is 115 cm³/mol. The number of hydrogen-bond donors (Lipinski definition) is 2. The van der Waals surface area contributed by atoms with Crippen LogP contribution < -0.4 is 15.1 Å². The molecule has 0 aliphatic rings. The van der Waals surface area contributed by atoms with Gasteiger partial charge in [0, 0.05) is 19.7 Å². The highest BCUT2D eigenvalue weighted by atomic mass is 32.2. The number of aromatic carboxylic acids is 1.